The second-order valence-corrected chi connectivity index (χ2v) is 17.3. The van der Waals surface area contributed by atoms with Crippen LogP contribution in [-0.4, -0.2) is 92.0 Å². The number of phenolic OH excluding ortho intramolecular Hbond substituents is 1. The molecule has 55 heavy (non-hydrogen) atoms. The number of piperidine rings is 1. The van der Waals surface area contributed by atoms with E-state index in [1.165, 1.54) is 5.06 Å². The first kappa shape index (κ1) is 43.3. The van der Waals surface area contributed by atoms with Crippen molar-refractivity contribution in [1.82, 2.24) is 25.9 Å². The SMILES string of the molecule is CC(C)C[C@@H](/C=C/[C@H](Cc1ccccc1)C(=O)N1CCC[C@H]1C(=O)N[C@@H](Cc1ccc(O)cc1)C(=O)NC1CC(C)N(O)C(C)(C)C1)NC(=O)OC(C)(C)C. The number of benzene rings is 2. The zero-order valence-corrected chi connectivity index (χ0v) is 33.9. The molecule has 6 atom stereocenters. The van der Waals surface area contributed by atoms with Crippen molar-refractivity contribution < 1.29 is 34.2 Å². The van der Waals surface area contributed by atoms with Gasteiger partial charge in [0.2, 0.25) is 17.7 Å². The Bertz CT molecular complexity index is 1620. The van der Waals surface area contributed by atoms with Gasteiger partial charge >= 0.3 is 6.09 Å². The number of rotatable bonds is 14. The van der Waals surface area contributed by atoms with Gasteiger partial charge in [0, 0.05) is 30.6 Å². The highest BCUT2D eigenvalue weighted by Gasteiger charge is 2.41. The van der Waals surface area contributed by atoms with Crippen LogP contribution in [0.15, 0.2) is 66.7 Å². The fourth-order valence-electron chi connectivity index (χ4n) is 7.69. The van der Waals surface area contributed by atoms with Crippen LogP contribution in [0.25, 0.3) is 0 Å². The van der Waals surface area contributed by atoms with Crippen molar-refractivity contribution in [2.45, 2.75) is 142 Å². The second-order valence-electron chi connectivity index (χ2n) is 17.3. The number of nitrogens with one attached hydrogen (secondary N) is 3. The minimum atomic E-state index is -0.948. The third-order valence-electron chi connectivity index (χ3n) is 10.2. The van der Waals surface area contributed by atoms with Gasteiger partial charge in [0.15, 0.2) is 0 Å². The lowest BCUT2D eigenvalue weighted by molar-refractivity contribution is -0.210. The van der Waals surface area contributed by atoms with Crippen molar-refractivity contribution in [2.75, 3.05) is 6.54 Å². The summed E-state index contributed by atoms with van der Waals surface area (Å²) in [7, 11) is 0. The number of hydrogen-bond acceptors (Lipinski definition) is 8. The minimum absolute atomic E-state index is 0.0936. The topological polar surface area (TPSA) is 161 Å². The molecule has 2 fully saturated rings. The van der Waals surface area contributed by atoms with Gasteiger partial charge in [-0.1, -0.05) is 68.5 Å². The van der Waals surface area contributed by atoms with Crippen LogP contribution >= 0.6 is 0 Å². The summed E-state index contributed by atoms with van der Waals surface area (Å²) in [5.41, 5.74) is 0.493. The third kappa shape index (κ3) is 13.1. The molecule has 2 aliphatic rings. The van der Waals surface area contributed by atoms with Gasteiger partial charge in [-0.25, -0.2) is 4.79 Å². The number of amides is 4. The van der Waals surface area contributed by atoms with Crippen molar-refractivity contribution in [1.29, 1.82) is 0 Å². The van der Waals surface area contributed by atoms with E-state index in [1.54, 1.807) is 49.9 Å². The first-order valence-corrected chi connectivity index (χ1v) is 19.7. The molecule has 2 aromatic rings. The summed E-state index contributed by atoms with van der Waals surface area (Å²) >= 11 is 0. The summed E-state index contributed by atoms with van der Waals surface area (Å²) in [5.74, 6) is -1.24. The molecule has 2 aromatic carbocycles. The molecule has 2 saturated heterocycles. The number of hydrogen-bond donors (Lipinski definition) is 5. The maximum atomic E-state index is 14.5. The van der Waals surface area contributed by atoms with Crippen LogP contribution in [-0.2, 0) is 32.0 Å². The number of nitrogens with zero attached hydrogens (tertiary/aromatic N) is 2. The fourth-order valence-corrected chi connectivity index (χ4v) is 7.69. The van der Waals surface area contributed by atoms with E-state index >= 15 is 0 Å². The molecule has 0 aromatic heterocycles. The van der Waals surface area contributed by atoms with Gasteiger partial charge in [0.05, 0.1) is 12.0 Å². The van der Waals surface area contributed by atoms with Gasteiger partial charge in [0.25, 0.3) is 0 Å². The van der Waals surface area contributed by atoms with Crippen molar-refractivity contribution in [2.24, 2.45) is 11.8 Å². The quantitative estimate of drug-likeness (QED) is 0.149. The normalized spacial score (nSPS) is 21.9. The van der Waals surface area contributed by atoms with Crippen molar-refractivity contribution in [3.63, 3.8) is 0 Å². The zero-order chi connectivity index (χ0) is 40.5. The number of hydroxylamine groups is 2. The lowest BCUT2D eigenvalue weighted by Crippen LogP contribution is -2.60. The molecule has 5 N–H and O–H groups in total. The average molecular weight is 762 g/mol. The fraction of sp³-hybridized carbons (Fsp3) is 0.581. The highest BCUT2D eigenvalue weighted by molar-refractivity contribution is 5.93. The van der Waals surface area contributed by atoms with E-state index in [4.69, 9.17) is 4.74 Å². The minimum Gasteiger partial charge on any atom is -0.508 e. The molecular weight excluding hydrogens is 699 g/mol. The Hall–Kier alpha value is -4.42. The predicted molar refractivity (Wildman–Crippen MR) is 212 cm³/mol. The van der Waals surface area contributed by atoms with Crippen LogP contribution in [0.2, 0.25) is 0 Å². The number of carbonyl (C=O) groups excluding carboxylic acids is 4. The zero-order valence-electron chi connectivity index (χ0n) is 33.9. The summed E-state index contributed by atoms with van der Waals surface area (Å²) < 4.78 is 5.52. The van der Waals surface area contributed by atoms with Gasteiger partial charge in [-0.05, 0) is 109 Å². The van der Waals surface area contributed by atoms with Crippen LogP contribution in [0.3, 0.4) is 0 Å². The van der Waals surface area contributed by atoms with Gasteiger partial charge < -0.3 is 35.9 Å². The molecule has 4 rings (SSSR count). The molecule has 2 aliphatic heterocycles. The van der Waals surface area contributed by atoms with E-state index in [1.807, 2.05) is 63.3 Å². The highest BCUT2D eigenvalue weighted by Crippen LogP contribution is 2.30. The van der Waals surface area contributed by atoms with Crippen molar-refractivity contribution >= 4 is 23.8 Å². The van der Waals surface area contributed by atoms with E-state index in [0.717, 1.165) is 11.1 Å². The largest absolute Gasteiger partial charge is 0.508 e. The molecule has 0 bridgehead atoms. The maximum Gasteiger partial charge on any atom is 0.408 e. The molecule has 0 spiro atoms. The Labute approximate surface area is 327 Å². The molecular formula is C43H63N5O7. The van der Waals surface area contributed by atoms with Crippen molar-refractivity contribution in [3.05, 3.63) is 77.9 Å². The van der Waals surface area contributed by atoms with Crippen LogP contribution in [0, 0.1) is 11.8 Å². The van der Waals surface area contributed by atoms with Crippen LogP contribution in [0.5, 0.6) is 5.75 Å². The molecule has 0 aliphatic carbocycles. The third-order valence-corrected chi connectivity index (χ3v) is 10.2. The molecule has 12 nitrogen and oxygen atoms in total. The Morgan fingerprint density at radius 3 is 2.24 bits per heavy atom. The molecule has 2 heterocycles. The molecule has 0 saturated carbocycles. The van der Waals surface area contributed by atoms with E-state index in [2.05, 4.69) is 29.8 Å². The molecule has 12 heteroatoms. The summed E-state index contributed by atoms with van der Waals surface area (Å²) in [5, 5.41) is 30.8. The molecule has 302 valence electrons. The summed E-state index contributed by atoms with van der Waals surface area (Å²) in [6.07, 6.45) is 6.52. The smallest absolute Gasteiger partial charge is 0.408 e. The second kappa shape index (κ2) is 18.9. The first-order chi connectivity index (χ1) is 25.8. The van der Waals surface area contributed by atoms with Crippen LogP contribution in [0.4, 0.5) is 4.79 Å². The van der Waals surface area contributed by atoms with Gasteiger partial charge in [-0.2, -0.15) is 5.06 Å². The number of alkyl carbamates (subject to hydrolysis) is 1. The van der Waals surface area contributed by atoms with Gasteiger partial charge in [0.1, 0.15) is 23.4 Å². The standard InChI is InChI=1S/C43H63N5O7/c1-28(2)23-33(45-41(53)55-42(4,5)6)19-18-32(25-30-13-10-9-11-14-30)40(52)47-22-12-15-37(47)39(51)46-36(26-31-16-20-35(49)21-17-31)38(50)44-34-24-29(3)48(54)43(7,8)27-34/h9-11,13-14,16-21,28-29,32-34,36-37,49,54H,12,15,22-27H2,1-8H3,(H,44,50)(H,45,53)(H,46,51)/b19-18+/t29?,32-,33-,34?,36+,37+/m1/s1. The summed E-state index contributed by atoms with van der Waals surface area (Å²) in [6.45, 7) is 15.7. The summed E-state index contributed by atoms with van der Waals surface area (Å²) in [4.78, 5) is 57.0. The molecule has 4 amide bonds. The van der Waals surface area contributed by atoms with Crippen LogP contribution in [0.1, 0.15) is 98.6 Å². The van der Waals surface area contributed by atoms with E-state index in [0.29, 0.717) is 45.1 Å². The van der Waals surface area contributed by atoms with Crippen LogP contribution < -0.4 is 16.0 Å². The number of phenols is 1. The monoisotopic (exact) mass is 761 g/mol. The highest BCUT2D eigenvalue weighted by atomic mass is 16.6. The Morgan fingerprint density at radius 1 is 0.964 bits per heavy atom. The van der Waals surface area contributed by atoms with Crippen molar-refractivity contribution in [3.8, 4) is 5.75 Å². The number of likely N-dealkylation sites (tertiary alicyclic amines) is 1. The van der Waals surface area contributed by atoms with Gasteiger partial charge in [-0.3, -0.25) is 14.4 Å². The maximum absolute atomic E-state index is 14.5. The number of ether oxygens (including phenoxy) is 1. The Morgan fingerprint density at radius 2 is 1.62 bits per heavy atom. The average Bonchev–Trinajstić information content (AvgIpc) is 3.59. The first-order valence-electron chi connectivity index (χ1n) is 19.7. The number of aromatic hydroxyl groups is 1. The summed E-state index contributed by atoms with van der Waals surface area (Å²) in [6, 6.07) is 13.7. The number of carbonyl (C=O) groups is 4. The lowest BCUT2D eigenvalue weighted by atomic mass is 9.85. The van der Waals surface area contributed by atoms with E-state index < -0.39 is 41.1 Å². The Balaban J connectivity index is 1.56. The lowest BCUT2D eigenvalue weighted by Gasteiger charge is -2.46. The predicted octanol–water partition coefficient (Wildman–Crippen LogP) is 5.90. The molecule has 2 unspecified atom stereocenters. The van der Waals surface area contributed by atoms with E-state index in [9.17, 15) is 29.5 Å². The van der Waals surface area contributed by atoms with E-state index in [-0.39, 0.29) is 48.0 Å². The Kier molecular flexibility index (Phi) is 14.9. The molecule has 0 radical (unpaired) electrons. The van der Waals surface area contributed by atoms with Gasteiger partial charge in [-0.15, -0.1) is 0 Å².